The van der Waals surface area contributed by atoms with Crippen molar-refractivity contribution < 1.29 is 9.53 Å². The minimum Gasteiger partial charge on any atom is -0.381 e. The smallest absolute Gasteiger partial charge is 0.318 e. The van der Waals surface area contributed by atoms with Crippen molar-refractivity contribution >= 4 is 17.4 Å². The third-order valence-electron chi connectivity index (χ3n) is 5.89. The number of piperidine rings is 1. The van der Waals surface area contributed by atoms with Gasteiger partial charge in [0.15, 0.2) is 0 Å². The van der Waals surface area contributed by atoms with E-state index >= 15 is 0 Å². The molecular weight excluding hydrogens is 344 g/mol. The third-order valence-corrected chi connectivity index (χ3v) is 6.83. The molecular formula is C21H26N2O2S. The van der Waals surface area contributed by atoms with Gasteiger partial charge in [0.2, 0.25) is 0 Å². The number of hydrogen-bond acceptors (Lipinski definition) is 3. The molecule has 0 radical (unpaired) electrons. The molecule has 26 heavy (non-hydrogen) atoms. The lowest BCUT2D eigenvalue weighted by Crippen LogP contribution is -2.49. The number of thiophene rings is 1. The van der Waals surface area contributed by atoms with Crippen LogP contribution in [0.3, 0.4) is 0 Å². The Hall–Kier alpha value is -1.85. The summed E-state index contributed by atoms with van der Waals surface area (Å²) in [6, 6.07) is 14.3. The predicted octanol–water partition coefficient (Wildman–Crippen LogP) is 4.44. The first-order chi connectivity index (χ1) is 12.8. The first-order valence-corrected chi connectivity index (χ1v) is 10.4. The molecule has 2 aliphatic heterocycles. The number of urea groups is 1. The molecule has 1 spiro atoms. The van der Waals surface area contributed by atoms with Crippen molar-refractivity contribution in [2.45, 2.75) is 31.7 Å². The second-order valence-electron chi connectivity index (χ2n) is 7.41. The predicted molar refractivity (Wildman–Crippen MR) is 104 cm³/mol. The van der Waals surface area contributed by atoms with Gasteiger partial charge in [0.05, 0.1) is 6.04 Å². The monoisotopic (exact) mass is 370 g/mol. The Morgan fingerprint density at radius 1 is 1.04 bits per heavy atom. The highest BCUT2D eigenvalue weighted by molar-refractivity contribution is 7.10. The largest absolute Gasteiger partial charge is 0.381 e. The van der Waals surface area contributed by atoms with Crippen LogP contribution >= 0.6 is 11.3 Å². The van der Waals surface area contributed by atoms with Crippen molar-refractivity contribution in [3.8, 4) is 0 Å². The fourth-order valence-electron chi connectivity index (χ4n) is 4.12. The van der Waals surface area contributed by atoms with Crippen molar-refractivity contribution in [1.29, 1.82) is 0 Å². The minimum absolute atomic E-state index is 0.0502. The summed E-state index contributed by atoms with van der Waals surface area (Å²) in [5, 5.41) is 5.33. The summed E-state index contributed by atoms with van der Waals surface area (Å²) in [4.78, 5) is 16.1. The topological polar surface area (TPSA) is 41.6 Å². The summed E-state index contributed by atoms with van der Waals surface area (Å²) in [7, 11) is 0. The van der Waals surface area contributed by atoms with Gasteiger partial charge in [-0.1, -0.05) is 36.4 Å². The highest BCUT2D eigenvalue weighted by Crippen LogP contribution is 2.40. The van der Waals surface area contributed by atoms with Crippen LogP contribution in [0.15, 0.2) is 47.8 Å². The summed E-state index contributed by atoms with van der Waals surface area (Å²) in [6.45, 7) is 3.44. The molecule has 138 valence electrons. The summed E-state index contributed by atoms with van der Waals surface area (Å²) in [6.07, 6.45) is 4.48. The fraction of sp³-hybridized carbons (Fsp3) is 0.476. The fourth-order valence-corrected chi connectivity index (χ4v) is 4.93. The average molecular weight is 371 g/mol. The Bertz CT molecular complexity index is 701. The van der Waals surface area contributed by atoms with E-state index in [1.807, 2.05) is 29.2 Å². The Labute approximate surface area is 159 Å². The first-order valence-electron chi connectivity index (χ1n) is 9.47. The van der Waals surface area contributed by atoms with Crippen LogP contribution in [0.25, 0.3) is 0 Å². The van der Waals surface area contributed by atoms with Crippen molar-refractivity contribution in [2.24, 2.45) is 5.41 Å². The van der Waals surface area contributed by atoms with Gasteiger partial charge in [0, 0.05) is 31.2 Å². The Balaban J connectivity index is 1.43. The second-order valence-corrected chi connectivity index (χ2v) is 8.39. The van der Waals surface area contributed by atoms with Crippen molar-refractivity contribution in [1.82, 2.24) is 10.2 Å². The van der Waals surface area contributed by atoms with Crippen molar-refractivity contribution in [2.75, 3.05) is 26.3 Å². The molecule has 4 rings (SSSR count). The van der Waals surface area contributed by atoms with E-state index in [2.05, 4.69) is 28.9 Å². The number of amides is 2. The highest BCUT2D eigenvalue weighted by Gasteiger charge is 2.37. The van der Waals surface area contributed by atoms with Crippen molar-refractivity contribution in [3.63, 3.8) is 0 Å². The standard InChI is InChI=1S/C21H26N2O2S/c24-20(23-12-8-21(9-13-23)10-14-25-15-11-21)22-19(18-7-4-16-26-18)17-5-2-1-3-6-17/h1-7,16,19H,8-15H2,(H,22,24)/t19-/m1/s1. The maximum Gasteiger partial charge on any atom is 0.318 e. The molecule has 0 bridgehead atoms. The van der Waals surface area contributed by atoms with Gasteiger partial charge < -0.3 is 15.0 Å². The molecule has 4 nitrogen and oxygen atoms in total. The molecule has 2 saturated heterocycles. The number of ether oxygens (including phenoxy) is 1. The first kappa shape index (κ1) is 17.6. The lowest BCUT2D eigenvalue weighted by molar-refractivity contribution is -0.0146. The zero-order valence-electron chi connectivity index (χ0n) is 15.0. The summed E-state index contributed by atoms with van der Waals surface area (Å²) in [5.74, 6) is 0. The molecule has 1 aromatic carbocycles. The molecule has 2 aliphatic rings. The minimum atomic E-state index is -0.0809. The van der Waals surface area contributed by atoms with E-state index in [1.54, 1.807) is 11.3 Å². The van der Waals surface area contributed by atoms with Gasteiger partial charge in [0.1, 0.15) is 0 Å². The Morgan fingerprint density at radius 3 is 2.42 bits per heavy atom. The van der Waals surface area contributed by atoms with E-state index in [1.165, 1.54) is 4.88 Å². The molecule has 0 saturated carbocycles. The summed E-state index contributed by atoms with van der Waals surface area (Å²) >= 11 is 1.68. The van der Waals surface area contributed by atoms with Gasteiger partial charge in [-0.3, -0.25) is 0 Å². The average Bonchev–Trinajstić information content (AvgIpc) is 3.22. The van der Waals surface area contributed by atoms with E-state index in [9.17, 15) is 4.79 Å². The van der Waals surface area contributed by atoms with Crippen LogP contribution in [-0.4, -0.2) is 37.2 Å². The molecule has 1 aromatic heterocycles. The lowest BCUT2D eigenvalue weighted by atomic mass is 9.72. The third kappa shape index (κ3) is 3.79. The van der Waals surface area contributed by atoms with Crippen LogP contribution in [0.4, 0.5) is 4.79 Å². The van der Waals surface area contributed by atoms with Gasteiger partial charge in [-0.05, 0) is 48.1 Å². The molecule has 1 atom stereocenters. The molecule has 0 unspecified atom stereocenters. The quantitative estimate of drug-likeness (QED) is 0.868. The Kier molecular flexibility index (Phi) is 5.27. The molecule has 5 heteroatoms. The number of hydrogen-bond donors (Lipinski definition) is 1. The Morgan fingerprint density at radius 2 is 1.77 bits per heavy atom. The maximum absolute atomic E-state index is 12.9. The number of nitrogens with zero attached hydrogens (tertiary/aromatic N) is 1. The normalized spacial score (nSPS) is 20.7. The molecule has 2 fully saturated rings. The number of carbonyl (C=O) groups is 1. The van der Waals surface area contributed by atoms with Gasteiger partial charge in [-0.25, -0.2) is 4.79 Å². The zero-order valence-corrected chi connectivity index (χ0v) is 15.8. The molecule has 1 N–H and O–H groups in total. The van der Waals surface area contributed by atoms with E-state index < -0.39 is 0 Å². The number of nitrogens with one attached hydrogen (secondary N) is 1. The molecule has 2 aromatic rings. The number of carbonyl (C=O) groups excluding carboxylic acids is 1. The second kappa shape index (κ2) is 7.80. The van der Waals surface area contributed by atoms with Gasteiger partial charge in [0.25, 0.3) is 0 Å². The van der Waals surface area contributed by atoms with E-state index in [0.29, 0.717) is 5.41 Å². The van der Waals surface area contributed by atoms with Gasteiger partial charge in [-0.2, -0.15) is 0 Å². The van der Waals surface area contributed by atoms with Crippen molar-refractivity contribution in [3.05, 3.63) is 58.3 Å². The summed E-state index contributed by atoms with van der Waals surface area (Å²) < 4.78 is 5.52. The van der Waals surface area contributed by atoms with Crippen LogP contribution in [0.2, 0.25) is 0 Å². The van der Waals surface area contributed by atoms with E-state index in [4.69, 9.17) is 4.74 Å². The van der Waals surface area contributed by atoms with Crippen LogP contribution in [0.1, 0.15) is 42.2 Å². The number of rotatable bonds is 3. The highest BCUT2D eigenvalue weighted by atomic mass is 32.1. The lowest BCUT2D eigenvalue weighted by Gasteiger charge is -2.44. The zero-order chi connectivity index (χ0) is 17.8. The SMILES string of the molecule is O=C(N[C@H](c1ccccc1)c1cccs1)N1CCC2(CCOCC2)CC1. The maximum atomic E-state index is 12.9. The van der Waals surface area contributed by atoms with Gasteiger partial charge >= 0.3 is 6.03 Å². The van der Waals surface area contributed by atoms with E-state index in [-0.39, 0.29) is 12.1 Å². The van der Waals surface area contributed by atoms with Gasteiger partial charge in [-0.15, -0.1) is 11.3 Å². The van der Waals surface area contributed by atoms with Crippen LogP contribution in [-0.2, 0) is 4.74 Å². The molecule has 3 heterocycles. The number of likely N-dealkylation sites (tertiary alicyclic amines) is 1. The molecule has 0 aliphatic carbocycles. The van der Waals surface area contributed by atoms with E-state index in [0.717, 1.165) is 57.6 Å². The number of benzene rings is 1. The summed E-state index contributed by atoms with van der Waals surface area (Å²) in [5.41, 5.74) is 1.53. The molecule has 2 amide bonds. The van der Waals surface area contributed by atoms with Crippen LogP contribution < -0.4 is 5.32 Å². The van der Waals surface area contributed by atoms with Crippen LogP contribution in [0, 0.1) is 5.41 Å². The van der Waals surface area contributed by atoms with Crippen LogP contribution in [0.5, 0.6) is 0 Å².